The van der Waals surface area contributed by atoms with E-state index in [1.54, 1.807) is 0 Å². The number of rotatable bonds is 72. The van der Waals surface area contributed by atoms with Gasteiger partial charge in [0.05, 0.1) is 0 Å². The van der Waals surface area contributed by atoms with Crippen molar-refractivity contribution in [1.29, 1.82) is 0 Å². The highest BCUT2D eigenvalue weighted by Gasteiger charge is 2.20. The van der Waals surface area contributed by atoms with Crippen molar-refractivity contribution < 1.29 is 28.6 Å². The minimum atomic E-state index is -0.768. The van der Waals surface area contributed by atoms with Crippen molar-refractivity contribution in [3.8, 4) is 0 Å². The smallest absolute Gasteiger partial charge is 0.306 e. The van der Waals surface area contributed by atoms with E-state index in [1.165, 1.54) is 347 Å². The van der Waals surface area contributed by atoms with Gasteiger partial charge < -0.3 is 14.2 Å². The second-order valence-electron chi connectivity index (χ2n) is 26.3. The SMILES string of the molecule is CCCCCCCCCC/C=C\CCCCCCCCCCCC(=O)OC(COC(=O)CCCCCCCCCCCCCC)COC(=O)CCCCCCCCCCCCCCCCCCCCCCCCCCCCCCCCCC. The summed E-state index contributed by atoms with van der Waals surface area (Å²) in [7, 11) is 0. The number of allylic oxidation sites excluding steroid dienone is 2. The first-order valence-electron chi connectivity index (χ1n) is 38.2. The van der Waals surface area contributed by atoms with Gasteiger partial charge >= 0.3 is 17.9 Å². The quantitative estimate of drug-likeness (QED) is 0.0261. The van der Waals surface area contributed by atoms with Gasteiger partial charge in [-0.05, 0) is 44.9 Å². The Morgan fingerprint density at radius 1 is 0.229 bits per heavy atom. The van der Waals surface area contributed by atoms with Crippen LogP contribution in [0.15, 0.2) is 12.2 Å². The maximum atomic E-state index is 13.0. The van der Waals surface area contributed by atoms with Crippen LogP contribution in [-0.4, -0.2) is 37.2 Å². The molecular formula is C77H148O6. The van der Waals surface area contributed by atoms with E-state index in [0.29, 0.717) is 19.3 Å². The molecule has 0 amide bonds. The molecule has 0 bridgehead atoms. The third kappa shape index (κ3) is 70.8. The molecule has 0 fully saturated rings. The molecule has 0 spiro atoms. The van der Waals surface area contributed by atoms with Crippen LogP contribution in [0, 0.1) is 0 Å². The summed E-state index contributed by atoms with van der Waals surface area (Å²) in [5.74, 6) is -0.830. The minimum Gasteiger partial charge on any atom is -0.462 e. The van der Waals surface area contributed by atoms with Crippen molar-refractivity contribution in [1.82, 2.24) is 0 Å². The lowest BCUT2D eigenvalue weighted by Crippen LogP contribution is -2.30. The number of carbonyl (C=O) groups is 3. The molecule has 0 rings (SSSR count). The maximum absolute atomic E-state index is 13.0. The molecular weight excluding hydrogens is 1020 g/mol. The summed E-state index contributed by atoms with van der Waals surface area (Å²) in [6, 6.07) is 0. The molecule has 6 heteroatoms. The van der Waals surface area contributed by atoms with Gasteiger partial charge in [-0.1, -0.05) is 392 Å². The predicted octanol–water partition coefficient (Wildman–Crippen LogP) is 26.3. The molecule has 6 nitrogen and oxygen atoms in total. The zero-order valence-electron chi connectivity index (χ0n) is 56.8. The standard InChI is InChI=1S/C77H148O6/c1-4-7-10-13-16-19-22-25-27-29-31-33-34-35-36-37-38-39-40-41-42-43-45-46-48-50-52-55-58-61-64-67-70-76(79)82-73-74(72-81-75(78)69-66-63-60-57-54-24-21-18-15-12-9-6-3)83-77(80)71-68-65-62-59-56-53-51-49-47-44-32-30-28-26-23-20-17-14-11-8-5-2/h30,32,74H,4-29,31,33-73H2,1-3H3/b32-30-. The van der Waals surface area contributed by atoms with Crippen LogP contribution >= 0.6 is 0 Å². The molecule has 0 saturated heterocycles. The van der Waals surface area contributed by atoms with Crippen molar-refractivity contribution in [3.05, 3.63) is 12.2 Å². The van der Waals surface area contributed by atoms with Crippen LogP contribution in [0.25, 0.3) is 0 Å². The molecule has 0 radical (unpaired) electrons. The normalized spacial score (nSPS) is 12.0. The number of ether oxygens (including phenoxy) is 3. The number of carbonyl (C=O) groups excluding carboxylic acids is 3. The lowest BCUT2D eigenvalue weighted by atomic mass is 10.0. The summed E-state index contributed by atoms with van der Waals surface area (Å²) < 4.78 is 17.0. The van der Waals surface area contributed by atoms with Crippen LogP contribution in [0.4, 0.5) is 0 Å². The van der Waals surface area contributed by atoms with Gasteiger partial charge in [0.25, 0.3) is 0 Å². The van der Waals surface area contributed by atoms with Crippen molar-refractivity contribution in [3.63, 3.8) is 0 Å². The van der Waals surface area contributed by atoms with Gasteiger partial charge in [-0.25, -0.2) is 0 Å². The predicted molar refractivity (Wildman–Crippen MR) is 363 cm³/mol. The first kappa shape index (κ1) is 81.2. The van der Waals surface area contributed by atoms with E-state index >= 15 is 0 Å². The Labute approximate surface area is 520 Å². The monoisotopic (exact) mass is 1170 g/mol. The Bertz CT molecular complexity index is 1300. The van der Waals surface area contributed by atoms with Crippen LogP contribution < -0.4 is 0 Å². The molecule has 0 heterocycles. The lowest BCUT2D eigenvalue weighted by molar-refractivity contribution is -0.167. The summed E-state index contributed by atoms with van der Waals surface area (Å²) in [4.78, 5) is 38.4. The first-order valence-corrected chi connectivity index (χ1v) is 38.2. The fourth-order valence-corrected chi connectivity index (χ4v) is 12.0. The summed E-state index contributed by atoms with van der Waals surface area (Å²) in [6.07, 6.45) is 88.5. The highest BCUT2D eigenvalue weighted by Crippen LogP contribution is 2.20. The Balaban J connectivity index is 4.09. The highest BCUT2D eigenvalue weighted by molar-refractivity contribution is 5.71. The Hall–Kier alpha value is -1.85. The average Bonchev–Trinajstić information content (AvgIpc) is 3.49. The molecule has 492 valence electrons. The lowest BCUT2D eigenvalue weighted by Gasteiger charge is -2.18. The number of hydrogen-bond acceptors (Lipinski definition) is 6. The Kier molecular flexibility index (Phi) is 71.0. The van der Waals surface area contributed by atoms with E-state index in [-0.39, 0.29) is 31.1 Å². The zero-order valence-corrected chi connectivity index (χ0v) is 56.8. The summed E-state index contributed by atoms with van der Waals surface area (Å²) in [6.45, 7) is 6.73. The molecule has 0 aromatic rings. The molecule has 0 aliphatic rings. The van der Waals surface area contributed by atoms with Crippen molar-refractivity contribution >= 4 is 17.9 Å². The van der Waals surface area contributed by atoms with Crippen LogP contribution in [-0.2, 0) is 28.6 Å². The molecule has 0 aliphatic heterocycles. The maximum Gasteiger partial charge on any atom is 0.306 e. The van der Waals surface area contributed by atoms with Gasteiger partial charge in [-0.2, -0.15) is 0 Å². The largest absolute Gasteiger partial charge is 0.462 e. The third-order valence-corrected chi connectivity index (χ3v) is 17.8. The zero-order chi connectivity index (χ0) is 59.9. The molecule has 0 N–H and O–H groups in total. The first-order chi connectivity index (χ1) is 41.0. The molecule has 83 heavy (non-hydrogen) atoms. The van der Waals surface area contributed by atoms with Gasteiger partial charge in [0.2, 0.25) is 0 Å². The van der Waals surface area contributed by atoms with Crippen molar-refractivity contribution in [2.24, 2.45) is 0 Å². The number of esters is 3. The minimum absolute atomic E-state index is 0.0638. The number of unbranched alkanes of at least 4 members (excludes halogenated alkanes) is 59. The van der Waals surface area contributed by atoms with Gasteiger partial charge in [-0.3, -0.25) is 14.4 Å². The van der Waals surface area contributed by atoms with Crippen LogP contribution in [0.3, 0.4) is 0 Å². The van der Waals surface area contributed by atoms with Crippen molar-refractivity contribution in [2.45, 2.75) is 451 Å². The van der Waals surface area contributed by atoms with Crippen LogP contribution in [0.5, 0.6) is 0 Å². The molecule has 1 atom stereocenters. The number of hydrogen-bond donors (Lipinski definition) is 0. The van der Waals surface area contributed by atoms with Gasteiger partial charge in [0, 0.05) is 19.3 Å². The Morgan fingerprint density at radius 3 is 0.602 bits per heavy atom. The van der Waals surface area contributed by atoms with E-state index < -0.39 is 6.10 Å². The average molecular weight is 1170 g/mol. The third-order valence-electron chi connectivity index (χ3n) is 17.8. The van der Waals surface area contributed by atoms with Gasteiger partial charge in [0.15, 0.2) is 6.10 Å². The molecule has 0 aliphatic carbocycles. The molecule has 1 unspecified atom stereocenters. The van der Waals surface area contributed by atoms with E-state index in [1.807, 2.05) is 0 Å². The second kappa shape index (κ2) is 72.6. The van der Waals surface area contributed by atoms with E-state index in [2.05, 4.69) is 32.9 Å². The second-order valence-corrected chi connectivity index (χ2v) is 26.3. The summed E-state index contributed by atoms with van der Waals surface area (Å²) in [5, 5.41) is 0. The summed E-state index contributed by atoms with van der Waals surface area (Å²) >= 11 is 0. The fraction of sp³-hybridized carbons (Fsp3) is 0.935. The molecule has 0 aromatic carbocycles. The summed E-state index contributed by atoms with van der Waals surface area (Å²) in [5.41, 5.74) is 0. The van der Waals surface area contributed by atoms with Gasteiger partial charge in [0.1, 0.15) is 13.2 Å². The van der Waals surface area contributed by atoms with Crippen molar-refractivity contribution in [2.75, 3.05) is 13.2 Å². The highest BCUT2D eigenvalue weighted by atomic mass is 16.6. The van der Waals surface area contributed by atoms with Gasteiger partial charge in [-0.15, -0.1) is 0 Å². The van der Waals surface area contributed by atoms with Crippen LogP contribution in [0.2, 0.25) is 0 Å². The van der Waals surface area contributed by atoms with E-state index in [9.17, 15) is 14.4 Å². The molecule has 0 aromatic heterocycles. The fourth-order valence-electron chi connectivity index (χ4n) is 12.0. The topological polar surface area (TPSA) is 78.9 Å². The van der Waals surface area contributed by atoms with Crippen LogP contribution in [0.1, 0.15) is 445 Å². The Morgan fingerprint density at radius 2 is 0.398 bits per heavy atom. The van der Waals surface area contributed by atoms with E-state index in [0.717, 1.165) is 57.8 Å². The molecule has 0 saturated carbocycles. The van der Waals surface area contributed by atoms with E-state index in [4.69, 9.17) is 14.2 Å².